The molecule has 1 heterocycles. The molecule has 5 rings (SSSR count). The van der Waals surface area contributed by atoms with E-state index in [1.54, 1.807) is 6.26 Å². The molecule has 0 unspecified atom stereocenters. The maximum atomic E-state index is 12.4. The van der Waals surface area contributed by atoms with Crippen molar-refractivity contribution in [3.63, 3.8) is 0 Å². The molecular weight excluding hydrogens is 484 g/mol. The lowest BCUT2D eigenvalue weighted by Crippen LogP contribution is -2.62. The number of carbonyl (C=O) groups is 2. The number of unbranched alkanes of at least 4 members (excludes halogenated alkanes) is 2. The average Bonchev–Trinajstić information content (AvgIpc) is 3.15. The summed E-state index contributed by atoms with van der Waals surface area (Å²) in [6.45, 7) is 4.69. The van der Waals surface area contributed by atoms with Crippen LogP contribution in [0.3, 0.4) is 0 Å². The van der Waals surface area contributed by atoms with Gasteiger partial charge < -0.3 is 19.4 Å². The SMILES string of the molecule is C[C@]12CC[C@H](OC(=O)CCCCCC(=O)O)C[C@@H]1CC[C@@H]1[C@@H]2CC[C@]2(C)[C@@H](c3ccc(=O)oc3)CC[C@]12O. The fourth-order valence-electron chi connectivity index (χ4n) is 9.36. The summed E-state index contributed by atoms with van der Waals surface area (Å²) in [6.07, 6.45) is 12.8. The minimum absolute atomic E-state index is 0.0308. The highest BCUT2D eigenvalue weighted by molar-refractivity contribution is 5.69. The van der Waals surface area contributed by atoms with Gasteiger partial charge in [0.25, 0.3) is 0 Å². The predicted molar refractivity (Wildman–Crippen MR) is 142 cm³/mol. The summed E-state index contributed by atoms with van der Waals surface area (Å²) < 4.78 is 11.1. The van der Waals surface area contributed by atoms with Crippen molar-refractivity contribution < 1.29 is 29.0 Å². The fourth-order valence-corrected chi connectivity index (χ4v) is 9.36. The molecule has 0 amide bonds. The van der Waals surface area contributed by atoms with E-state index in [1.165, 1.54) is 6.07 Å². The van der Waals surface area contributed by atoms with Crippen LogP contribution in [0.1, 0.15) is 115 Å². The second-order valence-electron chi connectivity index (χ2n) is 13.2. The van der Waals surface area contributed by atoms with Crippen molar-refractivity contribution in [3.05, 3.63) is 34.4 Å². The fraction of sp³-hybridized carbons (Fsp3) is 0.774. The minimum atomic E-state index is -0.791. The highest BCUT2D eigenvalue weighted by Crippen LogP contribution is 2.70. The third-order valence-corrected chi connectivity index (χ3v) is 11.5. The van der Waals surface area contributed by atoms with E-state index in [9.17, 15) is 19.5 Å². The van der Waals surface area contributed by atoms with Gasteiger partial charge in [0.2, 0.25) is 0 Å². The molecule has 38 heavy (non-hydrogen) atoms. The Balaban J connectivity index is 1.21. The maximum absolute atomic E-state index is 12.4. The monoisotopic (exact) mass is 528 g/mol. The molecule has 8 atom stereocenters. The molecule has 4 aliphatic carbocycles. The summed E-state index contributed by atoms with van der Waals surface area (Å²) in [5, 5.41) is 21.1. The average molecular weight is 529 g/mol. The lowest BCUT2D eigenvalue weighted by molar-refractivity contribution is -0.207. The quantitative estimate of drug-likeness (QED) is 0.322. The molecule has 4 saturated carbocycles. The van der Waals surface area contributed by atoms with E-state index in [-0.39, 0.29) is 46.8 Å². The first-order valence-corrected chi connectivity index (χ1v) is 14.8. The molecule has 0 aromatic carbocycles. The van der Waals surface area contributed by atoms with E-state index >= 15 is 0 Å². The van der Waals surface area contributed by atoms with E-state index in [4.69, 9.17) is 14.3 Å². The molecule has 1 aromatic rings. The number of carboxylic acids is 1. The summed E-state index contributed by atoms with van der Waals surface area (Å²) >= 11 is 0. The van der Waals surface area contributed by atoms with Crippen LogP contribution in [0.4, 0.5) is 0 Å². The predicted octanol–water partition coefficient (Wildman–Crippen LogP) is 5.83. The molecule has 0 saturated heterocycles. The molecule has 1 aromatic heterocycles. The van der Waals surface area contributed by atoms with Gasteiger partial charge in [-0.3, -0.25) is 9.59 Å². The number of rotatable bonds is 8. The van der Waals surface area contributed by atoms with Crippen molar-refractivity contribution in [1.29, 1.82) is 0 Å². The van der Waals surface area contributed by atoms with Gasteiger partial charge in [-0.25, -0.2) is 4.79 Å². The lowest BCUT2D eigenvalue weighted by Gasteiger charge is -2.63. The number of hydrogen-bond donors (Lipinski definition) is 2. The van der Waals surface area contributed by atoms with Crippen molar-refractivity contribution in [2.75, 3.05) is 0 Å². The second kappa shape index (κ2) is 10.4. The summed E-state index contributed by atoms with van der Waals surface area (Å²) in [5.74, 6) is 0.494. The van der Waals surface area contributed by atoms with Crippen molar-refractivity contribution in [2.24, 2.45) is 28.6 Å². The van der Waals surface area contributed by atoms with E-state index in [0.29, 0.717) is 31.1 Å². The Kier molecular flexibility index (Phi) is 7.53. The molecule has 0 aliphatic heterocycles. The Bertz CT molecular complexity index is 1080. The molecule has 7 nitrogen and oxygen atoms in total. The molecule has 7 heteroatoms. The standard InChI is InChI=1S/C31H44O7/c1-29-15-12-22(38-28(35)7-5-3-4-6-26(32)33)18-21(29)9-10-25-24(29)13-16-30(2)23(14-17-31(25,30)36)20-8-11-27(34)37-19-20/h8,11,19,21-25,36H,3-7,9-10,12-18H2,1-2H3,(H,32,33)/t21-,22-,23+,24-,25+,29-,30+,31-/m0/s1. The molecule has 0 radical (unpaired) electrons. The van der Waals surface area contributed by atoms with Crippen LogP contribution >= 0.6 is 0 Å². The zero-order chi connectivity index (χ0) is 27.1. The molecule has 0 spiro atoms. The van der Waals surface area contributed by atoms with Crippen molar-refractivity contribution in [1.82, 2.24) is 0 Å². The summed E-state index contributed by atoms with van der Waals surface area (Å²) in [6, 6.07) is 3.38. The van der Waals surface area contributed by atoms with Gasteiger partial charge in [0.15, 0.2) is 0 Å². The highest BCUT2D eigenvalue weighted by atomic mass is 16.5. The zero-order valence-corrected chi connectivity index (χ0v) is 23.0. The van der Waals surface area contributed by atoms with Crippen molar-refractivity contribution >= 4 is 11.9 Å². The topological polar surface area (TPSA) is 114 Å². The van der Waals surface area contributed by atoms with Gasteiger partial charge in [-0.15, -0.1) is 0 Å². The molecular formula is C31H44O7. The van der Waals surface area contributed by atoms with Crippen LogP contribution in [-0.2, 0) is 14.3 Å². The van der Waals surface area contributed by atoms with Crippen LogP contribution in [-0.4, -0.2) is 33.9 Å². The van der Waals surface area contributed by atoms with Crippen LogP contribution in [0, 0.1) is 28.6 Å². The third-order valence-electron chi connectivity index (χ3n) is 11.5. The number of aliphatic carboxylic acids is 1. The number of fused-ring (bicyclic) bond motifs is 5. The largest absolute Gasteiger partial charge is 0.481 e. The van der Waals surface area contributed by atoms with Crippen LogP contribution in [0.5, 0.6) is 0 Å². The Labute approximate surface area is 225 Å². The molecule has 2 N–H and O–H groups in total. The van der Waals surface area contributed by atoms with Gasteiger partial charge >= 0.3 is 17.6 Å². The smallest absolute Gasteiger partial charge is 0.335 e. The first kappa shape index (κ1) is 27.4. The first-order valence-electron chi connectivity index (χ1n) is 14.8. The van der Waals surface area contributed by atoms with Crippen molar-refractivity contribution in [3.8, 4) is 0 Å². The zero-order valence-electron chi connectivity index (χ0n) is 23.0. The van der Waals surface area contributed by atoms with Gasteiger partial charge in [0, 0.05) is 24.3 Å². The Morgan fingerprint density at radius 1 is 0.974 bits per heavy atom. The number of aliphatic hydroxyl groups is 1. The van der Waals surface area contributed by atoms with E-state index in [1.807, 2.05) is 6.07 Å². The number of hydrogen-bond acceptors (Lipinski definition) is 6. The Morgan fingerprint density at radius 2 is 1.76 bits per heavy atom. The molecule has 4 aliphatic rings. The van der Waals surface area contributed by atoms with Gasteiger partial charge in [-0.1, -0.05) is 20.3 Å². The summed E-state index contributed by atoms with van der Waals surface area (Å²) in [5.41, 5.74) is -0.0924. The van der Waals surface area contributed by atoms with E-state index < -0.39 is 11.6 Å². The molecule has 4 fully saturated rings. The van der Waals surface area contributed by atoms with Crippen LogP contribution in [0.25, 0.3) is 0 Å². The van der Waals surface area contributed by atoms with E-state index in [2.05, 4.69) is 13.8 Å². The van der Waals surface area contributed by atoms with Crippen LogP contribution < -0.4 is 5.63 Å². The number of carboxylic acid groups (broad SMARTS) is 1. The second-order valence-corrected chi connectivity index (χ2v) is 13.2. The first-order chi connectivity index (χ1) is 18.1. The van der Waals surface area contributed by atoms with Gasteiger partial charge in [-0.05, 0) is 111 Å². The van der Waals surface area contributed by atoms with Crippen LogP contribution in [0.15, 0.2) is 27.6 Å². The van der Waals surface area contributed by atoms with Gasteiger partial charge in [0.1, 0.15) is 6.10 Å². The van der Waals surface area contributed by atoms with Crippen LogP contribution in [0.2, 0.25) is 0 Å². The number of carbonyl (C=O) groups excluding carboxylic acids is 1. The number of ether oxygens (including phenoxy) is 1. The Morgan fingerprint density at radius 3 is 2.50 bits per heavy atom. The lowest BCUT2D eigenvalue weighted by atomic mass is 9.43. The molecule has 0 bridgehead atoms. The van der Waals surface area contributed by atoms with Crippen molar-refractivity contribution in [2.45, 2.75) is 121 Å². The number of esters is 1. The summed E-state index contributed by atoms with van der Waals surface area (Å²) in [7, 11) is 0. The van der Waals surface area contributed by atoms with E-state index in [0.717, 1.165) is 69.8 Å². The summed E-state index contributed by atoms with van der Waals surface area (Å²) in [4.78, 5) is 34.6. The minimum Gasteiger partial charge on any atom is -0.481 e. The third kappa shape index (κ3) is 4.73. The molecule has 210 valence electrons. The Hall–Kier alpha value is -2.15. The van der Waals surface area contributed by atoms with Gasteiger partial charge in [-0.2, -0.15) is 0 Å². The highest BCUT2D eigenvalue weighted by Gasteiger charge is 2.67. The van der Waals surface area contributed by atoms with Gasteiger partial charge in [0.05, 0.1) is 11.9 Å². The normalized spacial score (nSPS) is 40.0. The maximum Gasteiger partial charge on any atom is 0.335 e.